The van der Waals surface area contributed by atoms with Crippen LogP contribution in [0.2, 0.25) is 0 Å². The number of aromatic nitrogens is 4. The smallest absolute Gasteiger partial charge is 0.223 e. The third kappa shape index (κ3) is 2.34. The average molecular weight is 365 g/mol. The molecule has 0 aliphatic heterocycles. The SMILES string of the molecule is Cc1nc(-c2cnc3[nH]ccc3c2N[C@H]2C3CC4CC2C[C@](O)(C4)C3)no1. The van der Waals surface area contributed by atoms with Crippen molar-refractivity contribution in [1.29, 1.82) is 0 Å². The van der Waals surface area contributed by atoms with Crippen LogP contribution in [0, 0.1) is 24.7 Å². The molecule has 7 nitrogen and oxygen atoms in total. The number of fused-ring (bicyclic) bond motifs is 1. The molecule has 140 valence electrons. The van der Waals surface area contributed by atoms with E-state index in [2.05, 4.69) is 25.4 Å². The van der Waals surface area contributed by atoms with Crippen LogP contribution < -0.4 is 5.32 Å². The number of aliphatic hydroxyl groups is 1. The Labute approximate surface area is 156 Å². The summed E-state index contributed by atoms with van der Waals surface area (Å²) >= 11 is 0. The van der Waals surface area contributed by atoms with Gasteiger partial charge in [0.05, 0.1) is 16.9 Å². The Morgan fingerprint density at radius 2 is 2.07 bits per heavy atom. The highest BCUT2D eigenvalue weighted by Crippen LogP contribution is 2.56. The second-order valence-electron chi connectivity index (χ2n) is 8.79. The number of aryl methyl sites for hydroxylation is 1. The molecule has 0 amide bonds. The summed E-state index contributed by atoms with van der Waals surface area (Å²) in [5, 5.41) is 19.9. The summed E-state index contributed by atoms with van der Waals surface area (Å²) in [6.07, 6.45) is 8.98. The lowest BCUT2D eigenvalue weighted by Gasteiger charge is -2.58. The highest BCUT2D eigenvalue weighted by molar-refractivity contribution is 5.97. The molecular weight excluding hydrogens is 342 g/mol. The van der Waals surface area contributed by atoms with Gasteiger partial charge in [-0.3, -0.25) is 0 Å². The molecule has 27 heavy (non-hydrogen) atoms. The molecule has 4 bridgehead atoms. The molecule has 2 atom stereocenters. The third-order valence-corrected chi connectivity index (χ3v) is 6.91. The fourth-order valence-corrected chi connectivity index (χ4v) is 6.13. The predicted octanol–water partition coefficient (Wildman–Crippen LogP) is 3.27. The van der Waals surface area contributed by atoms with Crippen molar-refractivity contribution >= 4 is 16.7 Å². The first kappa shape index (κ1) is 15.6. The second kappa shape index (κ2) is 5.32. The quantitative estimate of drug-likeness (QED) is 0.659. The van der Waals surface area contributed by atoms with Crippen LogP contribution in [0.5, 0.6) is 0 Å². The van der Waals surface area contributed by atoms with Crippen molar-refractivity contribution in [2.75, 3.05) is 5.32 Å². The monoisotopic (exact) mass is 365 g/mol. The van der Waals surface area contributed by atoms with E-state index in [-0.39, 0.29) is 0 Å². The first-order valence-corrected chi connectivity index (χ1v) is 9.84. The van der Waals surface area contributed by atoms with Crippen LogP contribution in [0.4, 0.5) is 5.69 Å². The van der Waals surface area contributed by atoms with Gasteiger partial charge in [-0.25, -0.2) is 4.98 Å². The molecular formula is C20H23N5O2. The number of H-pyrrole nitrogens is 1. The summed E-state index contributed by atoms with van der Waals surface area (Å²) in [6, 6.07) is 2.42. The highest BCUT2D eigenvalue weighted by Gasteiger charge is 2.54. The topological polar surface area (TPSA) is 99.9 Å². The van der Waals surface area contributed by atoms with Gasteiger partial charge in [-0.15, -0.1) is 0 Å². The molecule has 0 saturated heterocycles. The van der Waals surface area contributed by atoms with E-state index in [0.717, 1.165) is 41.5 Å². The van der Waals surface area contributed by atoms with E-state index < -0.39 is 5.60 Å². The minimum Gasteiger partial charge on any atom is -0.390 e. The number of pyridine rings is 1. The van der Waals surface area contributed by atoms with Gasteiger partial charge in [-0.05, 0) is 55.9 Å². The molecule has 3 heterocycles. The van der Waals surface area contributed by atoms with E-state index in [9.17, 15) is 5.11 Å². The lowest BCUT2D eigenvalue weighted by molar-refractivity contribution is -0.129. The number of aromatic amines is 1. The van der Waals surface area contributed by atoms with Gasteiger partial charge in [0, 0.05) is 30.7 Å². The number of nitrogens with zero attached hydrogens (tertiary/aromatic N) is 3. The van der Waals surface area contributed by atoms with Crippen LogP contribution in [-0.2, 0) is 0 Å². The minimum absolute atomic E-state index is 0.370. The Morgan fingerprint density at radius 3 is 2.78 bits per heavy atom. The zero-order chi connectivity index (χ0) is 18.2. The molecule has 4 fully saturated rings. The normalized spacial score (nSPS) is 34.4. The van der Waals surface area contributed by atoms with Crippen molar-refractivity contribution in [2.45, 2.75) is 50.7 Å². The van der Waals surface area contributed by atoms with Crippen molar-refractivity contribution in [3.63, 3.8) is 0 Å². The van der Waals surface area contributed by atoms with Crippen molar-refractivity contribution in [3.8, 4) is 11.4 Å². The Bertz CT molecular complexity index is 1010. The van der Waals surface area contributed by atoms with Gasteiger partial charge in [0.15, 0.2) is 0 Å². The molecule has 7 rings (SSSR count). The van der Waals surface area contributed by atoms with Crippen LogP contribution >= 0.6 is 0 Å². The standard InChI is InChI=1S/C20H23N5O2/c1-10-23-19(25-27-10)15-9-22-18-14(2-3-21-18)17(15)24-16-12-4-11-5-13(16)8-20(26,6-11)7-12/h2-3,9,11-13,16,26H,4-8H2,1H3,(H2,21,22,24)/t11?,12?,13?,16-,20-. The predicted molar refractivity (Wildman–Crippen MR) is 100 cm³/mol. The first-order valence-electron chi connectivity index (χ1n) is 9.84. The number of nitrogens with one attached hydrogen (secondary N) is 2. The molecule has 3 N–H and O–H groups in total. The second-order valence-corrected chi connectivity index (χ2v) is 8.79. The van der Waals surface area contributed by atoms with Crippen molar-refractivity contribution in [2.24, 2.45) is 17.8 Å². The highest BCUT2D eigenvalue weighted by atomic mass is 16.5. The lowest BCUT2D eigenvalue weighted by Crippen LogP contribution is -2.59. The molecule has 4 aliphatic carbocycles. The molecule has 4 aliphatic rings. The van der Waals surface area contributed by atoms with Gasteiger partial charge >= 0.3 is 0 Å². The molecule has 3 aromatic heterocycles. The van der Waals surface area contributed by atoms with Crippen LogP contribution in [0.1, 0.15) is 38.0 Å². The molecule has 0 radical (unpaired) electrons. The Hall–Kier alpha value is -2.41. The number of hydrogen-bond acceptors (Lipinski definition) is 6. The van der Waals surface area contributed by atoms with Crippen LogP contribution in [-0.4, -0.2) is 36.9 Å². The van der Waals surface area contributed by atoms with E-state index in [0.29, 0.717) is 35.5 Å². The summed E-state index contributed by atoms with van der Waals surface area (Å²) in [6.45, 7) is 1.80. The molecule has 0 aromatic carbocycles. The van der Waals surface area contributed by atoms with E-state index in [1.54, 1.807) is 6.92 Å². The van der Waals surface area contributed by atoms with Gasteiger partial charge in [-0.2, -0.15) is 4.98 Å². The minimum atomic E-state index is -0.427. The Balaban J connectivity index is 1.43. The zero-order valence-electron chi connectivity index (χ0n) is 15.3. The largest absolute Gasteiger partial charge is 0.390 e. The first-order chi connectivity index (χ1) is 13.1. The van der Waals surface area contributed by atoms with Crippen LogP contribution in [0.3, 0.4) is 0 Å². The summed E-state index contributed by atoms with van der Waals surface area (Å²) < 4.78 is 5.21. The third-order valence-electron chi connectivity index (χ3n) is 6.91. The maximum Gasteiger partial charge on any atom is 0.223 e. The van der Waals surface area contributed by atoms with Gasteiger partial charge in [0.25, 0.3) is 0 Å². The summed E-state index contributed by atoms with van der Waals surface area (Å²) in [5.74, 6) is 2.83. The number of hydrogen-bond donors (Lipinski definition) is 3. The summed E-state index contributed by atoms with van der Waals surface area (Å²) in [5.41, 5.74) is 2.31. The van der Waals surface area contributed by atoms with Gasteiger partial charge in [0.1, 0.15) is 5.65 Å². The van der Waals surface area contributed by atoms with Crippen LogP contribution in [0.25, 0.3) is 22.4 Å². The fraction of sp³-hybridized carbons (Fsp3) is 0.550. The van der Waals surface area contributed by atoms with Gasteiger partial charge < -0.3 is 19.9 Å². The van der Waals surface area contributed by atoms with Crippen molar-refractivity contribution in [3.05, 3.63) is 24.4 Å². The molecule has 0 spiro atoms. The maximum atomic E-state index is 10.9. The van der Waals surface area contributed by atoms with E-state index >= 15 is 0 Å². The van der Waals surface area contributed by atoms with E-state index in [1.165, 1.54) is 12.8 Å². The fourth-order valence-electron chi connectivity index (χ4n) is 6.13. The molecule has 4 saturated carbocycles. The van der Waals surface area contributed by atoms with E-state index in [1.807, 2.05) is 18.5 Å². The van der Waals surface area contributed by atoms with Crippen molar-refractivity contribution < 1.29 is 9.63 Å². The van der Waals surface area contributed by atoms with Gasteiger partial charge in [-0.1, -0.05) is 5.16 Å². The van der Waals surface area contributed by atoms with Gasteiger partial charge in [0.2, 0.25) is 11.7 Å². The molecule has 7 heteroatoms. The van der Waals surface area contributed by atoms with Crippen molar-refractivity contribution in [1.82, 2.24) is 20.1 Å². The Morgan fingerprint density at radius 1 is 1.26 bits per heavy atom. The number of rotatable bonds is 3. The summed E-state index contributed by atoms with van der Waals surface area (Å²) in [4.78, 5) is 12.1. The summed E-state index contributed by atoms with van der Waals surface area (Å²) in [7, 11) is 0. The lowest BCUT2D eigenvalue weighted by atomic mass is 9.52. The van der Waals surface area contributed by atoms with E-state index in [4.69, 9.17) is 4.52 Å². The molecule has 3 aromatic rings. The zero-order valence-corrected chi connectivity index (χ0v) is 15.3. The van der Waals surface area contributed by atoms with Crippen LogP contribution in [0.15, 0.2) is 23.0 Å². The number of anilines is 1. The Kier molecular flexibility index (Phi) is 3.08. The molecule has 2 unspecified atom stereocenters. The average Bonchev–Trinajstić information content (AvgIpc) is 3.25. The maximum absolute atomic E-state index is 10.9.